The summed E-state index contributed by atoms with van der Waals surface area (Å²) in [5.74, 6) is 0.701. The third kappa shape index (κ3) is 6.31. The second-order valence-corrected chi connectivity index (χ2v) is 9.97. The van der Waals surface area contributed by atoms with Crippen molar-refractivity contribution in [3.8, 4) is 22.8 Å². The lowest BCUT2D eigenvalue weighted by atomic mass is 9.94. The first kappa shape index (κ1) is 25.6. The molecule has 1 unspecified atom stereocenters. The number of aliphatic imine (C=N–C) groups is 1. The molecule has 1 aromatic carbocycles. The molecule has 4 rings (SSSR count). The number of amides is 1. The summed E-state index contributed by atoms with van der Waals surface area (Å²) in [6, 6.07) is 4.16. The van der Waals surface area contributed by atoms with E-state index in [0.717, 1.165) is 40.8 Å². The average Bonchev–Trinajstić information content (AvgIpc) is 3.24. The van der Waals surface area contributed by atoms with Crippen molar-refractivity contribution in [3.05, 3.63) is 35.0 Å². The number of carbonyl (C=O) groups is 1. The van der Waals surface area contributed by atoms with Crippen LogP contribution in [0.25, 0.3) is 11.1 Å². The van der Waals surface area contributed by atoms with E-state index in [9.17, 15) is 13.2 Å². The molecule has 10 nitrogen and oxygen atoms in total. The number of pyridine rings is 1. The van der Waals surface area contributed by atoms with Crippen LogP contribution in [0, 0.1) is 0 Å². The van der Waals surface area contributed by atoms with Crippen molar-refractivity contribution in [2.75, 3.05) is 33.6 Å². The molecule has 3 N–H and O–H groups in total. The van der Waals surface area contributed by atoms with Crippen LogP contribution in [0.1, 0.15) is 34.8 Å². The minimum Gasteiger partial charge on any atom is -0.491 e. The normalized spacial score (nSPS) is 15.0. The Bertz CT molecular complexity index is 1200. The van der Waals surface area contributed by atoms with E-state index in [1.165, 1.54) is 0 Å². The van der Waals surface area contributed by atoms with Gasteiger partial charge in [-0.15, -0.1) is 0 Å². The highest BCUT2D eigenvalue weighted by Gasteiger charge is 2.26. The molecule has 1 aromatic heterocycles. The molecular weight excluding hydrogens is 460 g/mol. The van der Waals surface area contributed by atoms with Crippen LogP contribution in [0.5, 0.6) is 11.6 Å². The SMILES string of the molecule is CC(COc1cc(-c2cnc3c(c2)CCCO3)c2c(c1C(N)=O)CC=N2)N(C)C.CS(=O)(=O)O. The smallest absolute Gasteiger partial charge is 0.261 e. The number of aromatic nitrogens is 1. The minimum atomic E-state index is -3.67. The number of hydrogen-bond acceptors (Lipinski definition) is 8. The fraction of sp³-hybridized carbons (Fsp3) is 0.435. The molecule has 0 spiro atoms. The zero-order valence-electron chi connectivity index (χ0n) is 19.7. The summed E-state index contributed by atoms with van der Waals surface area (Å²) in [4.78, 5) is 23.3. The Hall–Kier alpha value is -3.02. The van der Waals surface area contributed by atoms with Gasteiger partial charge in [0.2, 0.25) is 5.88 Å². The van der Waals surface area contributed by atoms with Crippen LogP contribution >= 0.6 is 0 Å². The van der Waals surface area contributed by atoms with E-state index in [-0.39, 0.29) is 6.04 Å². The lowest BCUT2D eigenvalue weighted by molar-refractivity contribution is 0.0993. The van der Waals surface area contributed by atoms with Crippen LogP contribution in [0.4, 0.5) is 5.69 Å². The van der Waals surface area contributed by atoms with Crippen molar-refractivity contribution in [1.82, 2.24) is 9.88 Å². The summed E-state index contributed by atoms with van der Waals surface area (Å²) in [6.07, 6.45) is 6.79. The van der Waals surface area contributed by atoms with E-state index in [4.69, 9.17) is 19.8 Å². The Morgan fingerprint density at radius 2 is 2.06 bits per heavy atom. The van der Waals surface area contributed by atoms with Gasteiger partial charge in [0.05, 0.1) is 24.1 Å². The van der Waals surface area contributed by atoms with Crippen molar-refractivity contribution in [1.29, 1.82) is 0 Å². The first-order valence-electron chi connectivity index (χ1n) is 10.8. The third-order valence-electron chi connectivity index (χ3n) is 5.55. The topological polar surface area (TPSA) is 144 Å². The molecule has 11 heteroatoms. The second-order valence-electron chi connectivity index (χ2n) is 8.50. The summed E-state index contributed by atoms with van der Waals surface area (Å²) >= 11 is 0. The Labute approximate surface area is 199 Å². The zero-order valence-corrected chi connectivity index (χ0v) is 20.6. The van der Waals surface area contributed by atoms with Crippen LogP contribution in [-0.2, 0) is 23.0 Å². The Kier molecular flexibility index (Phi) is 7.90. The van der Waals surface area contributed by atoms with Crippen molar-refractivity contribution in [2.45, 2.75) is 32.2 Å². The van der Waals surface area contributed by atoms with E-state index in [2.05, 4.69) is 27.9 Å². The number of benzene rings is 1. The van der Waals surface area contributed by atoms with E-state index < -0.39 is 16.0 Å². The summed E-state index contributed by atoms with van der Waals surface area (Å²) in [7, 11) is 0.317. The number of aryl methyl sites for hydroxylation is 1. The standard InChI is InChI=1S/C22H26N4O3.CH4O3S/c1-13(26(2)3)12-29-18-10-17(20-16(6-7-24-20)19(18)21(23)27)15-9-14-5-4-8-28-22(14)25-11-15;1-5(2,3)4/h7,9-11,13H,4-6,8,12H2,1-3H3,(H2,23,27);1H3,(H,2,3,4). The van der Waals surface area contributed by atoms with Crippen LogP contribution in [0.15, 0.2) is 23.3 Å². The van der Waals surface area contributed by atoms with Crippen LogP contribution in [0.3, 0.4) is 0 Å². The van der Waals surface area contributed by atoms with Gasteiger partial charge in [-0.1, -0.05) is 0 Å². The average molecular weight is 491 g/mol. The second kappa shape index (κ2) is 10.5. The number of fused-ring (bicyclic) bond motifs is 2. The van der Waals surface area contributed by atoms with Crippen molar-refractivity contribution < 1.29 is 27.2 Å². The van der Waals surface area contributed by atoms with Crippen LogP contribution < -0.4 is 15.2 Å². The highest BCUT2D eigenvalue weighted by atomic mass is 32.2. The summed E-state index contributed by atoms with van der Waals surface area (Å²) in [6.45, 7) is 3.21. The third-order valence-corrected chi connectivity index (χ3v) is 5.55. The van der Waals surface area contributed by atoms with Gasteiger partial charge in [0.1, 0.15) is 12.4 Å². The van der Waals surface area contributed by atoms with Crippen LogP contribution in [0.2, 0.25) is 0 Å². The van der Waals surface area contributed by atoms with Gasteiger partial charge in [-0.3, -0.25) is 14.3 Å². The fourth-order valence-electron chi connectivity index (χ4n) is 3.62. The number of ether oxygens (including phenoxy) is 2. The predicted molar refractivity (Wildman–Crippen MR) is 130 cm³/mol. The maximum absolute atomic E-state index is 12.2. The molecule has 3 heterocycles. The largest absolute Gasteiger partial charge is 0.491 e. The molecule has 0 aliphatic carbocycles. The number of nitrogens with zero attached hydrogens (tertiary/aromatic N) is 3. The van der Waals surface area contributed by atoms with E-state index in [0.29, 0.717) is 43.1 Å². The summed E-state index contributed by atoms with van der Waals surface area (Å²) in [5.41, 5.74) is 10.6. The number of nitrogens with two attached hydrogens (primary N) is 1. The number of rotatable bonds is 6. The first-order valence-corrected chi connectivity index (χ1v) is 12.7. The number of carbonyl (C=O) groups excluding carboxylic acids is 1. The summed E-state index contributed by atoms with van der Waals surface area (Å²) < 4.78 is 37.6. The number of hydrogen-bond donors (Lipinski definition) is 2. The summed E-state index contributed by atoms with van der Waals surface area (Å²) in [5, 5.41) is 0. The van der Waals surface area contributed by atoms with Gasteiger partial charge < -0.3 is 20.1 Å². The molecule has 0 fully saturated rings. The molecule has 34 heavy (non-hydrogen) atoms. The highest BCUT2D eigenvalue weighted by molar-refractivity contribution is 7.85. The number of primary amides is 1. The number of likely N-dealkylation sites (N-methyl/N-ethyl adjacent to an activating group) is 1. The van der Waals surface area contributed by atoms with Gasteiger partial charge in [-0.2, -0.15) is 8.42 Å². The van der Waals surface area contributed by atoms with Crippen molar-refractivity contribution >= 4 is 27.9 Å². The monoisotopic (exact) mass is 490 g/mol. The van der Waals surface area contributed by atoms with Gasteiger partial charge in [0, 0.05) is 47.1 Å². The van der Waals surface area contributed by atoms with Gasteiger partial charge in [-0.05, 0) is 46.0 Å². The fourth-order valence-corrected chi connectivity index (χ4v) is 3.62. The van der Waals surface area contributed by atoms with E-state index >= 15 is 0 Å². The zero-order chi connectivity index (χ0) is 25.0. The molecule has 0 radical (unpaired) electrons. The highest BCUT2D eigenvalue weighted by Crippen LogP contribution is 2.43. The Morgan fingerprint density at radius 3 is 2.71 bits per heavy atom. The van der Waals surface area contributed by atoms with Crippen molar-refractivity contribution in [2.24, 2.45) is 10.7 Å². The maximum atomic E-state index is 12.2. The minimum absolute atomic E-state index is 0.186. The Morgan fingerprint density at radius 1 is 1.35 bits per heavy atom. The molecule has 1 amide bonds. The molecule has 0 saturated carbocycles. The first-order chi connectivity index (χ1) is 16.0. The predicted octanol–water partition coefficient (Wildman–Crippen LogP) is 2.26. The van der Waals surface area contributed by atoms with Gasteiger partial charge >= 0.3 is 0 Å². The van der Waals surface area contributed by atoms with E-state index in [1.807, 2.05) is 26.4 Å². The lowest BCUT2D eigenvalue weighted by Crippen LogP contribution is -2.31. The molecule has 2 aliphatic heterocycles. The van der Waals surface area contributed by atoms with Crippen molar-refractivity contribution in [3.63, 3.8) is 0 Å². The van der Waals surface area contributed by atoms with Gasteiger partial charge in [-0.25, -0.2) is 4.98 Å². The lowest BCUT2D eigenvalue weighted by Gasteiger charge is -2.22. The quantitative estimate of drug-likeness (QED) is 0.587. The molecule has 0 saturated heterocycles. The van der Waals surface area contributed by atoms with Gasteiger partial charge in [0.15, 0.2) is 0 Å². The molecule has 1 atom stereocenters. The maximum Gasteiger partial charge on any atom is 0.261 e. The molecule has 184 valence electrons. The van der Waals surface area contributed by atoms with Crippen LogP contribution in [-0.4, -0.2) is 74.6 Å². The molecule has 2 aromatic rings. The Balaban J connectivity index is 0.000000588. The molecule has 2 aliphatic rings. The van der Waals surface area contributed by atoms with E-state index in [1.54, 1.807) is 6.20 Å². The molecule has 0 bridgehead atoms. The van der Waals surface area contributed by atoms with Gasteiger partial charge in [0.25, 0.3) is 16.0 Å². The molecular formula is C23H30N4O6S.